The summed E-state index contributed by atoms with van der Waals surface area (Å²) in [4.78, 5) is 0. The summed E-state index contributed by atoms with van der Waals surface area (Å²) in [5, 5.41) is 7.08. The third-order valence-corrected chi connectivity index (χ3v) is 3.33. The Kier molecular flexibility index (Phi) is 4.57. The highest BCUT2D eigenvalue weighted by Crippen LogP contribution is 2.40. The summed E-state index contributed by atoms with van der Waals surface area (Å²) >= 11 is 0. The van der Waals surface area contributed by atoms with Gasteiger partial charge in [0.15, 0.2) is 0 Å². The largest absolute Gasteiger partial charge is 0.314 e. The van der Waals surface area contributed by atoms with Gasteiger partial charge in [-0.25, -0.2) is 0 Å². The standard InChI is InChI=1S/C15H24N2/c1-12(2)16-9-6-10-17-15-11-14(15)13-7-4-3-5-8-13/h3-5,7-8,12,14-17H,6,9-11H2,1-2H3. The molecule has 2 heteroatoms. The maximum absolute atomic E-state index is 3.64. The topological polar surface area (TPSA) is 24.1 Å². The van der Waals surface area contributed by atoms with Gasteiger partial charge in [0.2, 0.25) is 0 Å². The van der Waals surface area contributed by atoms with Crippen molar-refractivity contribution in [2.24, 2.45) is 0 Å². The average molecular weight is 232 g/mol. The summed E-state index contributed by atoms with van der Waals surface area (Å²) in [5.41, 5.74) is 1.49. The first-order valence-electron chi connectivity index (χ1n) is 6.79. The minimum absolute atomic E-state index is 0.605. The molecule has 2 N–H and O–H groups in total. The SMILES string of the molecule is CC(C)NCCCNC1CC1c1ccccc1. The van der Waals surface area contributed by atoms with Gasteiger partial charge < -0.3 is 10.6 Å². The molecule has 0 aliphatic heterocycles. The van der Waals surface area contributed by atoms with Crippen LogP contribution in [0.15, 0.2) is 30.3 Å². The number of rotatable bonds is 7. The number of nitrogens with one attached hydrogen (secondary N) is 2. The van der Waals surface area contributed by atoms with Crippen molar-refractivity contribution in [3.8, 4) is 0 Å². The number of hydrogen-bond donors (Lipinski definition) is 2. The Morgan fingerprint density at radius 3 is 2.65 bits per heavy atom. The molecule has 94 valence electrons. The van der Waals surface area contributed by atoms with Gasteiger partial charge in [-0.05, 0) is 31.5 Å². The van der Waals surface area contributed by atoms with Gasteiger partial charge in [0.25, 0.3) is 0 Å². The molecule has 1 fully saturated rings. The quantitative estimate of drug-likeness (QED) is 0.706. The molecular weight excluding hydrogens is 208 g/mol. The van der Waals surface area contributed by atoms with Crippen molar-refractivity contribution < 1.29 is 0 Å². The van der Waals surface area contributed by atoms with E-state index in [1.54, 1.807) is 0 Å². The maximum atomic E-state index is 3.64. The molecule has 2 atom stereocenters. The molecule has 0 bridgehead atoms. The molecule has 1 aromatic rings. The third-order valence-electron chi connectivity index (χ3n) is 3.33. The first kappa shape index (κ1) is 12.6. The van der Waals surface area contributed by atoms with Crippen molar-refractivity contribution in [2.75, 3.05) is 13.1 Å². The van der Waals surface area contributed by atoms with Gasteiger partial charge in [-0.15, -0.1) is 0 Å². The second-order valence-corrected chi connectivity index (χ2v) is 5.28. The Labute approximate surface area is 105 Å². The smallest absolute Gasteiger partial charge is 0.0143 e. The van der Waals surface area contributed by atoms with Crippen LogP contribution in [0.3, 0.4) is 0 Å². The summed E-state index contributed by atoms with van der Waals surface area (Å²) in [7, 11) is 0. The highest BCUT2D eigenvalue weighted by atomic mass is 15.0. The molecule has 0 aromatic heterocycles. The summed E-state index contributed by atoms with van der Waals surface area (Å²) in [6.45, 7) is 6.64. The van der Waals surface area contributed by atoms with Crippen molar-refractivity contribution in [2.45, 2.75) is 44.7 Å². The van der Waals surface area contributed by atoms with Gasteiger partial charge in [-0.3, -0.25) is 0 Å². The lowest BCUT2D eigenvalue weighted by Gasteiger charge is -2.08. The Balaban J connectivity index is 1.58. The molecule has 0 radical (unpaired) electrons. The van der Waals surface area contributed by atoms with Gasteiger partial charge in [0.05, 0.1) is 0 Å². The van der Waals surface area contributed by atoms with Crippen LogP contribution in [0.2, 0.25) is 0 Å². The van der Waals surface area contributed by atoms with Gasteiger partial charge in [0.1, 0.15) is 0 Å². The van der Waals surface area contributed by atoms with Crippen LogP contribution in [0.5, 0.6) is 0 Å². The van der Waals surface area contributed by atoms with E-state index in [0.29, 0.717) is 6.04 Å². The summed E-state index contributed by atoms with van der Waals surface area (Å²) in [6.07, 6.45) is 2.53. The fourth-order valence-electron chi connectivity index (χ4n) is 2.26. The maximum Gasteiger partial charge on any atom is 0.0143 e. The van der Waals surface area contributed by atoms with Crippen molar-refractivity contribution in [3.63, 3.8) is 0 Å². The van der Waals surface area contributed by atoms with E-state index < -0.39 is 0 Å². The van der Waals surface area contributed by atoms with E-state index in [0.717, 1.165) is 25.0 Å². The lowest BCUT2D eigenvalue weighted by molar-refractivity contribution is 0.544. The normalized spacial score (nSPS) is 23.0. The van der Waals surface area contributed by atoms with Crippen LogP contribution in [0.4, 0.5) is 0 Å². The minimum Gasteiger partial charge on any atom is -0.314 e. The van der Waals surface area contributed by atoms with E-state index in [1.165, 1.54) is 18.4 Å². The number of benzene rings is 1. The molecule has 17 heavy (non-hydrogen) atoms. The lowest BCUT2D eigenvalue weighted by Crippen LogP contribution is -2.27. The van der Waals surface area contributed by atoms with Crippen LogP contribution in [-0.4, -0.2) is 25.2 Å². The molecule has 2 unspecified atom stereocenters. The second kappa shape index (κ2) is 6.18. The first-order valence-corrected chi connectivity index (χ1v) is 6.79. The van der Waals surface area contributed by atoms with Gasteiger partial charge >= 0.3 is 0 Å². The van der Waals surface area contributed by atoms with Crippen molar-refractivity contribution >= 4 is 0 Å². The summed E-state index contributed by atoms with van der Waals surface area (Å²) in [6, 6.07) is 12.2. The molecule has 2 nitrogen and oxygen atoms in total. The highest BCUT2D eigenvalue weighted by Gasteiger charge is 2.37. The highest BCUT2D eigenvalue weighted by molar-refractivity contribution is 5.27. The van der Waals surface area contributed by atoms with E-state index in [2.05, 4.69) is 54.8 Å². The van der Waals surface area contributed by atoms with Crippen LogP contribution >= 0.6 is 0 Å². The molecule has 1 aromatic carbocycles. The fraction of sp³-hybridized carbons (Fsp3) is 0.600. The van der Waals surface area contributed by atoms with E-state index in [9.17, 15) is 0 Å². The zero-order valence-electron chi connectivity index (χ0n) is 10.9. The molecule has 0 heterocycles. The van der Waals surface area contributed by atoms with Crippen LogP contribution < -0.4 is 10.6 Å². The van der Waals surface area contributed by atoms with Crippen LogP contribution in [0.1, 0.15) is 38.2 Å². The monoisotopic (exact) mass is 232 g/mol. The lowest BCUT2D eigenvalue weighted by atomic mass is 10.1. The predicted molar refractivity (Wildman–Crippen MR) is 73.3 cm³/mol. The molecule has 0 amide bonds. The van der Waals surface area contributed by atoms with Crippen molar-refractivity contribution in [3.05, 3.63) is 35.9 Å². The Morgan fingerprint density at radius 1 is 1.18 bits per heavy atom. The molecule has 0 saturated heterocycles. The minimum atomic E-state index is 0.605. The summed E-state index contributed by atoms with van der Waals surface area (Å²) < 4.78 is 0. The Morgan fingerprint density at radius 2 is 1.94 bits per heavy atom. The van der Waals surface area contributed by atoms with E-state index >= 15 is 0 Å². The molecule has 2 rings (SSSR count). The van der Waals surface area contributed by atoms with E-state index in [-0.39, 0.29) is 0 Å². The summed E-state index contributed by atoms with van der Waals surface area (Å²) in [5.74, 6) is 0.759. The zero-order chi connectivity index (χ0) is 12.1. The van der Waals surface area contributed by atoms with Crippen molar-refractivity contribution in [1.29, 1.82) is 0 Å². The van der Waals surface area contributed by atoms with Crippen LogP contribution in [-0.2, 0) is 0 Å². The Bertz CT molecular complexity index is 321. The van der Waals surface area contributed by atoms with Crippen molar-refractivity contribution in [1.82, 2.24) is 10.6 Å². The molecule has 1 aliphatic carbocycles. The zero-order valence-corrected chi connectivity index (χ0v) is 10.9. The number of hydrogen-bond acceptors (Lipinski definition) is 2. The van der Waals surface area contributed by atoms with Crippen LogP contribution in [0, 0.1) is 0 Å². The van der Waals surface area contributed by atoms with Gasteiger partial charge in [-0.1, -0.05) is 44.2 Å². The molecule has 0 spiro atoms. The average Bonchev–Trinajstić information content (AvgIpc) is 3.09. The predicted octanol–water partition coefficient (Wildman–Crippen LogP) is 2.52. The first-order chi connectivity index (χ1) is 8.27. The Hall–Kier alpha value is -0.860. The van der Waals surface area contributed by atoms with Gasteiger partial charge in [-0.2, -0.15) is 0 Å². The molecular formula is C15H24N2. The molecule has 1 aliphatic rings. The van der Waals surface area contributed by atoms with Crippen LogP contribution in [0.25, 0.3) is 0 Å². The molecule has 1 saturated carbocycles. The second-order valence-electron chi connectivity index (χ2n) is 5.28. The fourth-order valence-corrected chi connectivity index (χ4v) is 2.26. The van der Waals surface area contributed by atoms with E-state index in [1.807, 2.05) is 0 Å². The van der Waals surface area contributed by atoms with E-state index in [4.69, 9.17) is 0 Å². The van der Waals surface area contributed by atoms with Gasteiger partial charge in [0, 0.05) is 18.0 Å². The third kappa shape index (κ3) is 4.14.